The lowest BCUT2D eigenvalue weighted by atomic mass is 9.94. The molecule has 0 bridgehead atoms. The van der Waals surface area contributed by atoms with Gasteiger partial charge in [0.15, 0.2) is 0 Å². The third-order valence-corrected chi connectivity index (χ3v) is 4.58. The Labute approximate surface area is 145 Å². The first-order valence-electron chi connectivity index (χ1n) is 8.86. The Morgan fingerprint density at radius 3 is 2.75 bits per heavy atom. The lowest BCUT2D eigenvalue weighted by Crippen LogP contribution is -2.34. The van der Waals surface area contributed by atoms with Crippen molar-refractivity contribution in [1.29, 1.82) is 0 Å². The van der Waals surface area contributed by atoms with Crippen LogP contribution in [0.4, 0.5) is 0 Å². The summed E-state index contributed by atoms with van der Waals surface area (Å²) in [6.07, 6.45) is 0.670. The summed E-state index contributed by atoms with van der Waals surface area (Å²) in [7, 11) is 4.16. The Kier molecular flexibility index (Phi) is 7.94. The molecule has 0 aliphatic carbocycles. The first-order valence-corrected chi connectivity index (χ1v) is 8.86. The minimum atomic E-state index is -0.129. The second-order valence-corrected chi connectivity index (χ2v) is 6.53. The number of nitrogens with one attached hydrogen (secondary N) is 3. The van der Waals surface area contributed by atoms with Crippen LogP contribution < -0.4 is 20.9 Å². The number of hydrazine groups is 1. The molecule has 1 aliphatic rings. The molecule has 0 radical (unpaired) electrons. The highest BCUT2D eigenvalue weighted by atomic mass is 16.5. The molecule has 1 saturated heterocycles. The number of hydrogen-bond acceptors (Lipinski definition) is 6. The Morgan fingerprint density at radius 1 is 1.38 bits per heavy atom. The lowest BCUT2D eigenvalue weighted by Gasteiger charge is -2.25. The molecule has 4 N–H and O–H groups in total. The molecule has 0 amide bonds. The molecule has 2 rings (SSSR count). The van der Waals surface area contributed by atoms with Gasteiger partial charge < -0.3 is 20.1 Å². The van der Waals surface area contributed by atoms with Crippen molar-refractivity contribution in [3.05, 3.63) is 29.8 Å². The quantitative estimate of drug-likeness (QED) is 0.506. The Bertz CT molecular complexity index is 465. The molecule has 3 unspecified atom stereocenters. The highest BCUT2D eigenvalue weighted by Gasteiger charge is 2.29. The van der Waals surface area contributed by atoms with E-state index in [1.54, 1.807) is 0 Å². The van der Waals surface area contributed by atoms with Crippen molar-refractivity contribution in [2.24, 2.45) is 5.92 Å². The molecule has 1 aromatic carbocycles. The maximum absolute atomic E-state index is 9.24. The largest absolute Gasteiger partial charge is 0.488 e. The van der Waals surface area contributed by atoms with Crippen LogP contribution >= 0.6 is 0 Å². The molecule has 1 heterocycles. The average molecular weight is 336 g/mol. The first kappa shape index (κ1) is 19.1. The van der Waals surface area contributed by atoms with Crippen LogP contribution in [0.3, 0.4) is 0 Å². The third-order valence-electron chi connectivity index (χ3n) is 4.58. The van der Waals surface area contributed by atoms with E-state index in [0.717, 1.165) is 38.3 Å². The van der Waals surface area contributed by atoms with Gasteiger partial charge in [-0.2, -0.15) is 0 Å². The molecule has 0 saturated carbocycles. The fourth-order valence-electron chi connectivity index (χ4n) is 3.05. The van der Waals surface area contributed by atoms with Gasteiger partial charge in [0.2, 0.25) is 0 Å². The number of benzene rings is 1. The molecule has 1 aromatic rings. The SMILES string of the molecule is CCC(CO)Oc1ccc(C2NNCC2CN(C)CCNC)cc1. The highest BCUT2D eigenvalue weighted by Crippen LogP contribution is 2.27. The molecule has 1 aliphatic heterocycles. The molecule has 0 spiro atoms. The van der Waals surface area contributed by atoms with Crippen LogP contribution in [0.25, 0.3) is 0 Å². The maximum Gasteiger partial charge on any atom is 0.121 e. The zero-order valence-electron chi connectivity index (χ0n) is 15.1. The summed E-state index contributed by atoms with van der Waals surface area (Å²) in [5.74, 6) is 1.34. The summed E-state index contributed by atoms with van der Waals surface area (Å²) in [5, 5.41) is 12.4. The number of aliphatic hydroxyl groups is 1. The zero-order valence-corrected chi connectivity index (χ0v) is 15.1. The molecule has 6 nitrogen and oxygen atoms in total. The first-order chi connectivity index (χ1) is 11.7. The monoisotopic (exact) mass is 336 g/mol. The van der Waals surface area contributed by atoms with E-state index in [1.165, 1.54) is 5.56 Å². The topological polar surface area (TPSA) is 68.8 Å². The maximum atomic E-state index is 9.24. The number of rotatable bonds is 10. The number of likely N-dealkylation sites (N-methyl/N-ethyl adjacent to an activating group) is 2. The highest BCUT2D eigenvalue weighted by molar-refractivity contribution is 5.30. The normalized spacial score (nSPS) is 22.0. The summed E-state index contributed by atoms with van der Waals surface area (Å²) < 4.78 is 5.76. The van der Waals surface area contributed by atoms with Gasteiger partial charge in [-0.05, 0) is 38.2 Å². The number of nitrogens with zero attached hydrogens (tertiary/aromatic N) is 1. The lowest BCUT2D eigenvalue weighted by molar-refractivity contribution is 0.112. The van der Waals surface area contributed by atoms with E-state index >= 15 is 0 Å². The number of hydrogen-bond donors (Lipinski definition) is 4. The number of aliphatic hydroxyl groups excluding tert-OH is 1. The van der Waals surface area contributed by atoms with Gasteiger partial charge >= 0.3 is 0 Å². The minimum Gasteiger partial charge on any atom is -0.488 e. The predicted octanol–water partition coefficient (Wildman–Crippen LogP) is 0.753. The third kappa shape index (κ3) is 5.43. The van der Waals surface area contributed by atoms with Crippen LogP contribution in [0.2, 0.25) is 0 Å². The second kappa shape index (κ2) is 9.96. The molecule has 3 atom stereocenters. The van der Waals surface area contributed by atoms with Crippen molar-refractivity contribution in [1.82, 2.24) is 21.1 Å². The molecule has 6 heteroatoms. The van der Waals surface area contributed by atoms with Gasteiger partial charge in [0, 0.05) is 32.1 Å². The van der Waals surface area contributed by atoms with Crippen molar-refractivity contribution in [3.8, 4) is 5.75 Å². The van der Waals surface area contributed by atoms with Crippen molar-refractivity contribution >= 4 is 0 Å². The standard InChI is InChI=1S/C18H32N4O2/c1-4-16(13-23)24-17-7-5-14(6-8-17)18-15(11-20-21-18)12-22(3)10-9-19-2/h5-8,15-16,18-21,23H,4,9-13H2,1-3H3. The van der Waals surface area contributed by atoms with Crippen LogP contribution in [0.5, 0.6) is 5.75 Å². The van der Waals surface area contributed by atoms with E-state index in [0.29, 0.717) is 12.0 Å². The Morgan fingerprint density at radius 2 is 2.12 bits per heavy atom. The molecule has 0 aromatic heterocycles. The summed E-state index contributed by atoms with van der Waals surface area (Å²) >= 11 is 0. The molecule has 136 valence electrons. The zero-order chi connectivity index (χ0) is 17.4. The van der Waals surface area contributed by atoms with Crippen LogP contribution in [-0.2, 0) is 0 Å². The van der Waals surface area contributed by atoms with Crippen molar-refractivity contribution in [2.75, 3.05) is 46.9 Å². The van der Waals surface area contributed by atoms with Gasteiger partial charge in [-0.15, -0.1) is 0 Å². The van der Waals surface area contributed by atoms with E-state index in [2.05, 4.69) is 40.2 Å². The van der Waals surface area contributed by atoms with E-state index in [-0.39, 0.29) is 12.7 Å². The van der Waals surface area contributed by atoms with Crippen LogP contribution in [0.15, 0.2) is 24.3 Å². The summed E-state index contributed by atoms with van der Waals surface area (Å²) in [6, 6.07) is 8.52. The van der Waals surface area contributed by atoms with Crippen LogP contribution in [-0.4, -0.2) is 63.0 Å². The van der Waals surface area contributed by atoms with Crippen LogP contribution in [0.1, 0.15) is 24.9 Å². The van der Waals surface area contributed by atoms with Gasteiger partial charge in [-0.3, -0.25) is 5.43 Å². The fourth-order valence-corrected chi connectivity index (χ4v) is 3.05. The summed E-state index contributed by atoms with van der Waals surface area (Å²) in [6.45, 7) is 6.13. The van der Waals surface area contributed by atoms with E-state index in [4.69, 9.17) is 4.74 Å². The second-order valence-electron chi connectivity index (χ2n) is 6.53. The van der Waals surface area contributed by atoms with E-state index < -0.39 is 0 Å². The average Bonchev–Trinajstić information content (AvgIpc) is 3.06. The summed E-state index contributed by atoms with van der Waals surface area (Å²) in [5.41, 5.74) is 7.95. The molecule has 1 fully saturated rings. The van der Waals surface area contributed by atoms with Crippen LogP contribution in [0, 0.1) is 5.92 Å². The molecular weight excluding hydrogens is 304 g/mol. The number of ether oxygens (including phenoxy) is 1. The van der Waals surface area contributed by atoms with Gasteiger partial charge in [0.25, 0.3) is 0 Å². The van der Waals surface area contributed by atoms with E-state index in [1.807, 2.05) is 26.1 Å². The van der Waals surface area contributed by atoms with Gasteiger partial charge in [-0.1, -0.05) is 19.1 Å². The molecule has 24 heavy (non-hydrogen) atoms. The van der Waals surface area contributed by atoms with Crippen molar-refractivity contribution < 1.29 is 9.84 Å². The van der Waals surface area contributed by atoms with Crippen molar-refractivity contribution in [3.63, 3.8) is 0 Å². The van der Waals surface area contributed by atoms with Gasteiger partial charge in [-0.25, -0.2) is 5.43 Å². The Balaban J connectivity index is 1.94. The van der Waals surface area contributed by atoms with E-state index in [9.17, 15) is 5.11 Å². The van der Waals surface area contributed by atoms with Gasteiger partial charge in [0.05, 0.1) is 12.6 Å². The van der Waals surface area contributed by atoms with Crippen molar-refractivity contribution in [2.45, 2.75) is 25.5 Å². The minimum absolute atomic E-state index is 0.0490. The predicted molar refractivity (Wildman–Crippen MR) is 97.0 cm³/mol. The summed E-state index contributed by atoms with van der Waals surface area (Å²) in [4.78, 5) is 2.37. The van der Waals surface area contributed by atoms with Gasteiger partial charge in [0.1, 0.15) is 11.9 Å². The fraction of sp³-hybridized carbons (Fsp3) is 0.667. The molecular formula is C18H32N4O2. The smallest absolute Gasteiger partial charge is 0.121 e. The Hall–Kier alpha value is -1.18.